The summed E-state index contributed by atoms with van der Waals surface area (Å²) < 4.78 is 53.9. The molecule has 0 atom stereocenters. The minimum Gasteiger partial charge on any atom is -0.244 e. The first-order valence-corrected chi connectivity index (χ1v) is 4.59. The molecule has 3 nitrogen and oxygen atoms in total. The van der Waals surface area contributed by atoms with Crippen molar-refractivity contribution in [3.8, 4) is 17.2 Å². The van der Waals surface area contributed by atoms with E-state index in [4.69, 9.17) is 5.26 Å². The van der Waals surface area contributed by atoms with Crippen LogP contribution in [0.1, 0.15) is 5.56 Å². The monoisotopic (exact) mass is 253 g/mol. The molecule has 7 heteroatoms. The molecule has 1 aromatic heterocycles. The normalized spacial score (nSPS) is 10.2. The summed E-state index contributed by atoms with van der Waals surface area (Å²) in [4.78, 5) is 6.98. The number of nitrogens with zero attached hydrogens (tertiary/aromatic N) is 3. The van der Waals surface area contributed by atoms with Gasteiger partial charge in [-0.25, -0.2) is 27.5 Å². The highest BCUT2D eigenvalue weighted by Crippen LogP contribution is 2.30. The molecule has 0 spiro atoms. The number of rotatable bonds is 1. The van der Waals surface area contributed by atoms with Crippen LogP contribution in [-0.4, -0.2) is 9.97 Å². The first-order chi connectivity index (χ1) is 8.57. The van der Waals surface area contributed by atoms with Crippen molar-refractivity contribution in [1.82, 2.24) is 9.97 Å². The second-order valence-corrected chi connectivity index (χ2v) is 3.24. The highest BCUT2D eigenvalue weighted by Gasteiger charge is 2.26. The summed E-state index contributed by atoms with van der Waals surface area (Å²) >= 11 is 0. The van der Waals surface area contributed by atoms with Crippen molar-refractivity contribution in [2.24, 2.45) is 0 Å². The van der Waals surface area contributed by atoms with Crippen molar-refractivity contribution in [1.29, 1.82) is 5.26 Å². The molecule has 0 amide bonds. The van der Waals surface area contributed by atoms with E-state index < -0.39 is 34.4 Å². The predicted molar refractivity (Wildman–Crippen MR) is 52.0 cm³/mol. The second kappa shape index (κ2) is 4.41. The number of hydrogen-bond acceptors (Lipinski definition) is 3. The summed E-state index contributed by atoms with van der Waals surface area (Å²) in [6.07, 6.45) is 3.09. The van der Waals surface area contributed by atoms with Gasteiger partial charge < -0.3 is 0 Å². The van der Waals surface area contributed by atoms with E-state index in [0.29, 0.717) is 0 Å². The summed E-state index contributed by atoms with van der Waals surface area (Å²) in [6, 6.07) is 1.06. The third kappa shape index (κ3) is 1.68. The summed E-state index contributed by atoms with van der Waals surface area (Å²) in [6.45, 7) is 0. The summed E-state index contributed by atoms with van der Waals surface area (Å²) in [5, 5.41) is 8.42. The fraction of sp³-hybridized carbons (Fsp3) is 0. The molecule has 0 N–H and O–H groups in total. The number of nitriles is 1. The van der Waals surface area contributed by atoms with Gasteiger partial charge in [0.25, 0.3) is 0 Å². The predicted octanol–water partition coefficient (Wildman–Crippen LogP) is 2.57. The third-order valence-electron chi connectivity index (χ3n) is 2.22. The van der Waals surface area contributed by atoms with Gasteiger partial charge in [0.05, 0.1) is 5.56 Å². The maximum absolute atomic E-state index is 13.6. The quantitative estimate of drug-likeness (QED) is 0.579. The lowest BCUT2D eigenvalue weighted by Crippen LogP contribution is -2.04. The molecule has 0 radical (unpaired) electrons. The minimum absolute atomic E-state index is 0.227. The van der Waals surface area contributed by atoms with Crippen LogP contribution in [0.5, 0.6) is 0 Å². The lowest BCUT2D eigenvalue weighted by Gasteiger charge is -2.07. The van der Waals surface area contributed by atoms with Crippen LogP contribution in [0, 0.1) is 34.6 Å². The largest absolute Gasteiger partial charge is 0.244 e. The van der Waals surface area contributed by atoms with Crippen LogP contribution in [0.25, 0.3) is 11.1 Å². The lowest BCUT2D eigenvalue weighted by atomic mass is 10.0. The molecule has 0 saturated heterocycles. The van der Waals surface area contributed by atoms with Crippen LogP contribution in [0.3, 0.4) is 0 Å². The molecule has 0 saturated carbocycles. The molecule has 1 aromatic carbocycles. The third-order valence-corrected chi connectivity index (χ3v) is 2.22. The van der Waals surface area contributed by atoms with E-state index in [1.165, 1.54) is 0 Å². The SMILES string of the molecule is N#Cc1c(F)c(F)c(-c2cncnc2)c(F)c1F. The molecule has 0 aliphatic rings. The van der Waals surface area contributed by atoms with Crippen molar-refractivity contribution in [2.75, 3.05) is 0 Å². The van der Waals surface area contributed by atoms with Gasteiger partial charge in [-0.05, 0) is 0 Å². The van der Waals surface area contributed by atoms with Gasteiger partial charge in [0.15, 0.2) is 23.3 Å². The van der Waals surface area contributed by atoms with Crippen LogP contribution < -0.4 is 0 Å². The maximum Gasteiger partial charge on any atom is 0.180 e. The Morgan fingerprint density at radius 1 is 0.889 bits per heavy atom. The number of benzene rings is 1. The highest BCUT2D eigenvalue weighted by atomic mass is 19.2. The maximum atomic E-state index is 13.6. The smallest absolute Gasteiger partial charge is 0.180 e. The Labute approximate surface area is 98.3 Å². The van der Waals surface area contributed by atoms with Gasteiger partial charge in [0.1, 0.15) is 18.0 Å². The molecule has 0 bridgehead atoms. The molecule has 2 rings (SSSR count). The Kier molecular flexibility index (Phi) is 2.93. The van der Waals surface area contributed by atoms with Crippen LogP contribution in [0.15, 0.2) is 18.7 Å². The van der Waals surface area contributed by atoms with E-state index in [1.807, 2.05) is 0 Å². The van der Waals surface area contributed by atoms with E-state index in [0.717, 1.165) is 24.8 Å². The van der Waals surface area contributed by atoms with Gasteiger partial charge in [-0.3, -0.25) is 0 Å². The van der Waals surface area contributed by atoms with Gasteiger partial charge in [-0.1, -0.05) is 0 Å². The van der Waals surface area contributed by atoms with Crippen molar-refractivity contribution in [3.63, 3.8) is 0 Å². The van der Waals surface area contributed by atoms with Crippen molar-refractivity contribution >= 4 is 0 Å². The number of halogens is 4. The molecule has 0 fully saturated rings. The molecule has 1 heterocycles. The Hall–Kier alpha value is -2.49. The van der Waals surface area contributed by atoms with Gasteiger partial charge in [0, 0.05) is 18.0 Å². The zero-order valence-corrected chi connectivity index (χ0v) is 8.59. The summed E-state index contributed by atoms with van der Waals surface area (Å²) in [5.74, 6) is -6.79. The molecule has 18 heavy (non-hydrogen) atoms. The average Bonchev–Trinajstić information content (AvgIpc) is 2.39. The zero-order chi connectivity index (χ0) is 13.3. The Morgan fingerprint density at radius 3 is 1.83 bits per heavy atom. The fourth-order valence-electron chi connectivity index (χ4n) is 1.41. The molecule has 2 aromatic rings. The summed E-state index contributed by atoms with van der Waals surface area (Å²) in [5.41, 5.74) is -2.47. The molecule has 0 aliphatic carbocycles. The van der Waals surface area contributed by atoms with Crippen LogP contribution >= 0.6 is 0 Å². The molecular formula is C11H3F4N3. The van der Waals surface area contributed by atoms with Gasteiger partial charge >= 0.3 is 0 Å². The fourth-order valence-corrected chi connectivity index (χ4v) is 1.41. The van der Waals surface area contributed by atoms with Gasteiger partial charge in [0.2, 0.25) is 0 Å². The topological polar surface area (TPSA) is 49.6 Å². The van der Waals surface area contributed by atoms with Gasteiger partial charge in [-0.15, -0.1) is 0 Å². The van der Waals surface area contributed by atoms with Crippen molar-refractivity contribution in [2.45, 2.75) is 0 Å². The van der Waals surface area contributed by atoms with Gasteiger partial charge in [-0.2, -0.15) is 5.26 Å². The van der Waals surface area contributed by atoms with E-state index in [2.05, 4.69) is 9.97 Å². The standard InChI is InChI=1S/C11H3F4N3/c12-8-6(1-16)9(13)11(15)7(10(8)14)5-2-17-4-18-3-5/h2-4H. The van der Waals surface area contributed by atoms with Crippen LogP contribution in [0.2, 0.25) is 0 Å². The average molecular weight is 253 g/mol. The highest BCUT2D eigenvalue weighted by molar-refractivity contribution is 5.64. The Balaban J connectivity index is 2.83. The molecule has 90 valence electrons. The molecule has 0 unspecified atom stereocenters. The molecular weight excluding hydrogens is 250 g/mol. The van der Waals surface area contributed by atoms with Crippen LogP contribution in [-0.2, 0) is 0 Å². The van der Waals surface area contributed by atoms with Crippen molar-refractivity contribution in [3.05, 3.63) is 47.6 Å². The second-order valence-electron chi connectivity index (χ2n) is 3.24. The van der Waals surface area contributed by atoms with E-state index in [9.17, 15) is 17.6 Å². The van der Waals surface area contributed by atoms with E-state index in [1.54, 1.807) is 0 Å². The number of hydrogen-bond donors (Lipinski definition) is 0. The van der Waals surface area contributed by atoms with Crippen molar-refractivity contribution < 1.29 is 17.6 Å². The summed E-state index contributed by atoms with van der Waals surface area (Å²) in [7, 11) is 0. The zero-order valence-electron chi connectivity index (χ0n) is 8.59. The first kappa shape index (κ1) is 12.0. The number of aromatic nitrogens is 2. The van der Waals surface area contributed by atoms with E-state index >= 15 is 0 Å². The first-order valence-electron chi connectivity index (χ1n) is 4.59. The minimum atomic E-state index is -1.74. The van der Waals surface area contributed by atoms with Crippen LogP contribution in [0.4, 0.5) is 17.6 Å². The Bertz CT molecular complexity index is 621. The van der Waals surface area contributed by atoms with E-state index in [-0.39, 0.29) is 5.56 Å². The lowest BCUT2D eigenvalue weighted by molar-refractivity contribution is 0.454. The Morgan fingerprint density at radius 2 is 1.39 bits per heavy atom. The molecule has 0 aliphatic heterocycles.